The molecule has 0 heterocycles. The molecule has 0 spiro atoms. The smallest absolute Gasteiger partial charge is 0.0991 e. The quantitative estimate of drug-likeness (QED) is 0.755. The van der Waals surface area contributed by atoms with E-state index >= 15 is 0 Å². The summed E-state index contributed by atoms with van der Waals surface area (Å²) in [6.07, 6.45) is 0.0778. The third-order valence-corrected chi connectivity index (χ3v) is 2.26. The Morgan fingerprint density at radius 1 is 1.43 bits per heavy atom. The summed E-state index contributed by atoms with van der Waals surface area (Å²) in [7, 11) is 0. The molecule has 0 saturated heterocycles. The van der Waals surface area contributed by atoms with Gasteiger partial charge in [0.15, 0.2) is 0 Å². The highest BCUT2D eigenvalue weighted by Crippen LogP contribution is 2.17. The molecule has 0 radical (unpaired) electrons. The van der Waals surface area contributed by atoms with Crippen LogP contribution in [-0.2, 0) is 0 Å². The van der Waals surface area contributed by atoms with Gasteiger partial charge in [0.1, 0.15) is 0 Å². The van der Waals surface area contributed by atoms with Gasteiger partial charge in [0.2, 0.25) is 0 Å². The van der Waals surface area contributed by atoms with E-state index in [-0.39, 0.29) is 6.04 Å². The largest absolute Gasteiger partial charge is 0.387 e. The van der Waals surface area contributed by atoms with Crippen molar-refractivity contribution in [1.29, 1.82) is 5.26 Å². The van der Waals surface area contributed by atoms with E-state index in [1.165, 1.54) is 0 Å². The molecule has 2 unspecified atom stereocenters. The van der Waals surface area contributed by atoms with Crippen LogP contribution >= 0.6 is 0 Å². The monoisotopic (exact) mass is 190 g/mol. The predicted molar refractivity (Wildman–Crippen MR) is 54.4 cm³/mol. The molecular weight excluding hydrogens is 176 g/mol. The number of benzene rings is 1. The Morgan fingerprint density at radius 3 is 2.43 bits per heavy atom. The van der Waals surface area contributed by atoms with Crippen molar-refractivity contribution < 1.29 is 5.11 Å². The van der Waals surface area contributed by atoms with Gasteiger partial charge in [0.05, 0.1) is 17.7 Å². The molecule has 74 valence electrons. The first-order valence-corrected chi connectivity index (χ1v) is 4.62. The maximum absolute atomic E-state index is 9.74. The highest BCUT2D eigenvalue weighted by molar-refractivity contribution is 5.32. The minimum absolute atomic E-state index is 0.247. The van der Waals surface area contributed by atoms with Gasteiger partial charge >= 0.3 is 0 Å². The van der Waals surface area contributed by atoms with Crippen molar-refractivity contribution in [2.75, 3.05) is 0 Å². The highest BCUT2D eigenvalue weighted by atomic mass is 16.3. The lowest BCUT2D eigenvalue weighted by Gasteiger charge is -2.17. The summed E-state index contributed by atoms with van der Waals surface area (Å²) in [5.41, 5.74) is 7.06. The molecule has 0 fully saturated rings. The fourth-order valence-corrected chi connectivity index (χ4v) is 1.23. The van der Waals surface area contributed by atoms with E-state index in [2.05, 4.69) is 0 Å². The summed E-state index contributed by atoms with van der Waals surface area (Å²) in [5, 5.41) is 18.3. The maximum Gasteiger partial charge on any atom is 0.0991 e. The van der Waals surface area contributed by atoms with Gasteiger partial charge in [-0.05, 0) is 24.1 Å². The Morgan fingerprint density at radius 2 is 2.00 bits per heavy atom. The predicted octanol–water partition coefficient (Wildman–Crippen LogP) is 1.33. The van der Waals surface area contributed by atoms with Crippen LogP contribution in [0.4, 0.5) is 0 Å². The second-order valence-corrected chi connectivity index (χ2v) is 3.25. The molecule has 3 nitrogen and oxygen atoms in total. The number of hydrogen-bond acceptors (Lipinski definition) is 3. The Balaban J connectivity index is 2.82. The number of aliphatic hydroxyl groups is 1. The zero-order chi connectivity index (χ0) is 10.6. The van der Waals surface area contributed by atoms with Crippen LogP contribution in [0.15, 0.2) is 24.3 Å². The van der Waals surface area contributed by atoms with Gasteiger partial charge in [-0.1, -0.05) is 19.1 Å². The van der Waals surface area contributed by atoms with Gasteiger partial charge in [-0.15, -0.1) is 0 Å². The Labute approximate surface area is 83.8 Å². The molecule has 3 N–H and O–H groups in total. The molecule has 2 atom stereocenters. The van der Waals surface area contributed by atoms with Crippen molar-refractivity contribution in [2.24, 2.45) is 5.73 Å². The molecule has 0 aliphatic heterocycles. The van der Waals surface area contributed by atoms with Crippen LogP contribution in [0.2, 0.25) is 0 Å². The zero-order valence-electron chi connectivity index (χ0n) is 8.14. The molecule has 3 heteroatoms. The summed E-state index contributed by atoms with van der Waals surface area (Å²) in [4.78, 5) is 0. The molecule has 0 bridgehead atoms. The van der Waals surface area contributed by atoms with Crippen LogP contribution in [0.5, 0.6) is 0 Å². The summed E-state index contributed by atoms with van der Waals surface area (Å²) in [5.74, 6) is 0. The molecule has 0 aromatic heterocycles. The first-order valence-electron chi connectivity index (χ1n) is 4.62. The molecule has 1 aromatic carbocycles. The Hall–Kier alpha value is -1.37. The van der Waals surface area contributed by atoms with E-state index in [0.29, 0.717) is 5.56 Å². The van der Waals surface area contributed by atoms with E-state index in [4.69, 9.17) is 11.0 Å². The van der Waals surface area contributed by atoms with Gasteiger partial charge in [0.25, 0.3) is 0 Å². The van der Waals surface area contributed by atoms with Crippen LogP contribution in [0.25, 0.3) is 0 Å². The topological polar surface area (TPSA) is 70.0 Å². The van der Waals surface area contributed by atoms with Gasteiger partial charge in [-0.2, -0.15) is 5.26 Å². The maximum atomic E-state index is 9.74. The molecular formula is C11H14N2O. The molecule has 14 heavy (non-hydrogen) atoms. The number of nitriles is 1. The number of aliphatic hydroxyl groups excluding tert-OH is 1. The average Bonchev–Trinajstić information content (AvgIpc) is 2.27. The molecule has 0 saturated carbocycles. The molecule has 0 amide bonds. The summed E-state index contributed by atoms with van der Waals surface area (Å²) < 4.78 is 0. The minimum Gasteiger partial charge on any atom is -0.387 e. The highest BCUT2D eigenvalue weighted by Gasteiger charge is 2.14. The van der Waals surface area contributed by atoms with Crippen LogP contribution in [-0.4, -0.2) is 11.1 Å². The van der Waals surface area contributed by atoms with Crippen molar-refractivity contribution in [2.45, 2.75) is 25.5 Å². The molecule has 0 aliphatic rings. The molecule has 1 aromatic rings. The van der Waals surface area contributed by atoms with Crippen molar-refractivity contribution in [3.8, 4) is 6.07 Å². The molecule has 0 aliphatic carbocycles. The standard InChI is InChI=1S/C11H14N2O/c1-2-10(13)11(14)9-5-3-8(7-12)4-6-9/h3-6,10-11,14H,2,13H2,1H3. The lowest BCUT2D eigenvalue weighted by atomic mass is 10.0. The summed E-state index contributed by atoms with van der Waals surface area (Å²) in [6, 6.07) is 8.61. The third kappa shape index (κ3) is 2.32. The minimum atomic E-state index is -0.646. The lowest BCUT2D eigenvalue weighted by molar-refractivity contribution is 0.144. The fraction of sp³-hybridized carbons (Fsp3) is 0.364. The van der Waals surface area contributed by atoms with Crippen molar-refractivity contribution in [3.63, 3.8) is 0 Å². The number of nitrogens with two attached hydrogens (primary N) is 1. The fourth-order valence-electron chi connectivity index (χ4n) is 1.23. The first kappa shape index (κ1) is 10.7. The van der Waals surface area contributed by atoms with Crippen molar-refractivity contribution in [1.82, 2.24) is 0 Å². The van der Waals surface area contributed by atoms with Crippen molar-refractivity contribution in [3.05, 3.63) is 35.4 Å². The zero-order valence-corrected chi connectivity index (χ0v) is 8.14. The summed E-state index contributed by atoms with van der Waals surface area (Å²) in [6.45, 7) is 1.93. The van der Waals surface area contributed by atoms with Crippen LogP contribution in [0.3, 0.4) is 0 Å². The second kappa shape index (κ2) is 4.75. The van der Waals surface area contributed by atoms with E-state index in [1.807, 2.05) is 13.0 Å². The average molecular weight is 190 g/mol. The van der Waals surface area contributed by atoms with Gasteiger partial charge in [-0.25, -0.2) is 0 Å². The van der Waals surface area contributed by atoms with Gasteiger partial charge in [-0.3, -0.25) is 0 Å². The van der Waals surface area contributed by atoms with Crippen LogP contribution < -0.4 is 5.73 Å². The van der Waals surface area contributed by atoms with E-state index in [9.17, 15) is 5.11 Å². The summed E-state index contributed by atoms with van der Waals surface area (Å²) >= 11 is 0. The Kier molecular flexibility index (Phi) is 3.63. The number of hydrogen-bond donors (Lipinski definition) is 2. The second-order valence-electron chi connectivity index (χ2n) is 3.25. The van der Waals surface area contributed by atoms with Crippen LogP contribution in [0, 0.1) is 11.3 Å². The third-order valence-electron chi connectivity index (χ3n) is 2.26. The SMILES string of the molecule is CCC(N)C(O)c1ccc(C#N)cc1. The van der Waals surface area contributed by atoms with Crippen molar-refractivity contribution >= 4 is 0 Å². The lowest BCUT2D eigenvalue weighted by Crippen LogP contribution is -2.27. The van der Waals surface area contributed by atoms with E-state index < -0.39 is 6.10 Å². The number of rotatable bonds is 3. The first-order chi connectivity index (χ1) is 6.69. The van der Waals surface area contributed by atoms with Gasteiger partial charge < -0.3 is 10.8 Å². The van der Waals surface area contributed by atoms with E-state index in [0.717, 1.165) is 12.0 Å². The normalized spacial score (nSPS) is 14.4. The van der Waals surface area contributed by atoms with Gasteiger partial charge in [0, 0.05) is 6.04 Å². The van der Waals surface area contributed by atoms with Crippen LogP contribution in [0.1, 0.15) is 30.6 Å². The van der Waals surface area contributed by atoms with E-state index in [1.54, 1.807) is 24.3 Å². The number of nitrogens with zero attached hydrogens (tertiary/aromatic N) is 1. The molecule has 1 rings (SSSR count). The Bertz CT molecular complexity index is 326.